The number of benzene rings is 4. The quantitative estimate of drug-likeness (QED) is 0.118. The Kier molecular flexibility index (Phi) is 9.44. The molecular formula is C38H42O3Si. The van der Waals surface area contributed by atoms with Gasteiger partial charge in [0.15, 0.2) is 8.07 Å². The minimum Gasteiger partial charge on any atom is -0.484 e. The van der Waals surface area contributed by atoms with Crippen LogP contribution in [0.3, 0.4) is 0 Å². The Bertz CT molecular complexity index is 1350. The van der Waals surface area contributed by atoms with Crippen molar-refractivity contribution in [1.29, 1.82) is 0 Å². The highest BCUT2D eigenvalue weighted by molar-refractivity contribution is 7.11. The van der Waals surface area contributed by atoms with Crippen LogP contribution in [0.5, 0.6) is 0 Å². The fourth-order valence-electron chi connectivity index (χ4n) is 6.56. The van der Waals surface area contributed by atoms with E-state index in [4.69, 9.17) is 9.47 Å². The van der Waals surface area contributed by atoms with Gasteiger partial charge in [-0.1, -0.05) is 149 Å². The Morgan fingerprint density at radius 1 is 0.714 bits per heavy atom. The molecule has 1 heterocycles. The van der Waals surface area contributed by atoms with E-state index in [0.29, 0.717) is 5.76 Å². The van der Waals surface area contributed by atoms with Gasteiger partial charge in [0.2, 0.25) is 5.76 Å². The molecule has 4 heteroatoms. The van der Waals surface area contributed by atoms with Crippen molar-refractivity contribution < 1.29 is 14.3 Å². The molecule has 42 heavy (non-hydrogen) atoms. The Morgan fingerprint density at radius 2 is 1.14 bits per heavy atom. The number of allylic oxidation sites excluding steroid dienone is 1. The molecule has 0 radical (unpaired) electrons. The molecule has 0 aliphatic carbocycles. The minimum absolute atomic E-state index is 0.0538. The minimum atomic E-state index is -2.58. The molecule has 0 N–H and O–H groups in total. The highest BCUT2D eigenvalue weighted by Crippen LogP contribution is 2.35. The standard InChI is InChI=1S/C38H42O3Si/c1-28(2)37(29(3)4)41-38(39)36-26-31(30-17-9-5-10-18-30)25-32(40-36)27-42(33-19-11-6-12-20-33,34-21-13-7-14-22-34)35-23-15-8-16-24-35/h5-24,26,28-29,31-32,37H,25,27H2,1-4H3/t31-,32-/m0/s1. The van der Waals surface area contributed by atoms with Crippen LogP contribution in [0.15, 0.2) is 133 Å². The van der Waals surface area contributed by atoms with E-state index < -0.39 is 8.07 Å². The SMILES string of the molecule is CC(C)C(OC(=O)C1=C[C@@H](c2ccccc2)C[C@@H](C[Si](c2ccccc2)(c2ccccc2)c2ccccc2)O1)C(C)C. The Labute approximate surface area is 252 Å². The Hall–Kier alpha value is -3.89. The molecule has 216 valence electrons. The normalized spacial score (nSPS) is 17.2. The summed E-state index contributed by atoms with van der Waals surface area (Å²) in [7, 11) is -2.58. The number of carbonyl (C=O) groups excluding carboxylic acids is 1. The van der Waals surface area contributed by atoms with Gasteiger partial charge in [0.25, 0.3) is 0 Å². The molecule has 0 spiro atoms. The van der Waals surface area contributed by atoms with Crippen molar-refractivity contribution in [1.82, 2.24) is 0 Å². The molecular weight excluding hydrogens is 533 g/mol. The van der Waals surface area contributed by atoms with E-state index in [9.17, 15) is 4.79 Å². The second-order valence-electron chi connectivity index (χ2n) is 12.1. The maximum absolute atomic E-state index is 13.7. The third kappa shape index (κ3) is 6.44. The molecule has 4 aromatic carbocycles. The monoisotopic (exact) mass is 574 g/mol. The van der Waals surface area contributed by atoms with Crippen molar-refractivity contribution in [2.45, 2.75) is 58.3 Å². The van der Waals surface area contributed by atoms with Crippen molar-refractivity contribution in [3.05, 3.63) is 139 Å². The number of hydrogen-bond donors (Lipinski definition) is 0. The summed E-state index contributed by atoms with van der Waals surface area (Å²) in [6.07, 6.45) is 2.43. The van der Waals surface area contributed by atoms with Crippen molar-refractivity contribution in [2.75, 3.05) is 0 Å². The molecule has 0 saturated carbocycles. The van der Waals surface area contributed by atoms with Gasteiger partial charge < -0.3 is 9.47 Å². The molecule has 4 aromatic rings. The van der Waals surface area contributed by atoms with E-state index >= 15 is 0 Å². The van der Waals surface area contributed by atoms with Crippen LogP contribution in [0.2, 0.25) is 6.04 Å². The van der Waals surface area contributed by atoms with Gasteiger partial charge >= 0.3 is 5.97 Å². The first kappa shape index (κ1) is 29.6. The number of hydrogen-bond acceptors (Lipinski definition) is 3. The van der Waals surface area contributed by atoms with E-state index in [1.54, 1.807) is 0 Å². The van der Waals surface area contributed by atoms with Gasteiger partial charge in [-0.15, -0.1) is 0 Å². The molecule has 0 bridgehead atoms. The average Bonchev–Trinajstić information content (AvgIpc) is 3.03. The highest BCUT2D eigenvalue weighted by atomic mass is 28.3. The lowest BCUT2D eigenvalue weighted by Crippen LogP contribution is -2.68. The third-order valence-electron chi connectivity index (χ3n) is 8.48. The maximum atomic E-state index is 13.7. The molecule has 0 unspecified atom stereocenters. The number of rotatable bonds is 10. The van der Waals surface area contributed by atoms with Gasteiger partial charge in [-0.2, -0.15) is 0 Å². The summed E-state index contributed by atoms with van der Waals surface area (Å²) in [6, 6.07) is 43.9. The Morgan fingerprint density at radius 3 is 1.57 bits per heavy atom. The zero-order valence-electron chi connectivity index (χ0n) is 25.2. The number of ether oxygens (including phenoxy) is 2. The van der Waals surface area contributed by atoms with Gasteiger partial charge in [0.05, 0.1) is 6.10 Å². The van der Waals surface area contributed by atoms with Gasteiger partial charge in [0.1, 0.15) is 6.10 Å². The van der Waals surface area contributed by atoms with E-state index in [2.05, 4.69) is 143 Å². The van der Waals surface area contributed by atoms with Crippen LogP contribution in [-0.4, -0.2) is 26.3 Å². The summed E-state index contributed by atoms with van der Waals surface area (Å²) in [5.74, 6) is 0.460. The van der Waals surface area contributed by atoms with Gasteiger partial charge in [0, 0.05) is 5.92 Å². The molecule has 0 fully saturated rings. The van der Waals surface area contributed by atoms with Crippen LogP contribution in [0.25, 0.3) is 0 Å². The van der Waals surface area contributed by atoms with E-state index in [-0.39, 0.29) is 35.9 Å². The first-order chi connectivity index (χ1) is 20.4. The van der Waals surface area contributed by atoms with E-state index in [1.165, 1.54) is 21.1 Å². The number of esters is 1. The van der Waals surface area contributed by atoms with Crippen LogP contribution >= 0.6 is 0 Å². The van der Waals surface area contributed by atoms with Gasteiger partial charge in [-0.05, 0) is 51.5 Å². The third-order valence-corrected chi connectivity index (χ3v) is 13.5. The molecule has 1 aliphatic rings. The van der Waals surface area contributed by atoms with Gasteiger partial charge in [-0.25, -0.2) is 4.79 Å². The summed E-state index contributed by atoms with van der Waals surface area (Å²) in [4.78, 5) is 13.7. The van der Waals surface area contributed by atoms with Crippen LogP contribution in [0, 0.1) is 11.8 Å². The summed E-state index contributed by atoms with van der Waals surface area (Å²) in [5, 5.41) is 4.00. The van der Waals surface area contributed by atoms with Crippen LogP contribution in [0.4, 0.5) is 0 Å². The smallest absolute Gasteiger partial charge is 0.373 e. The van der Waals surface area contributed by atoms with E-state index in [1.807, 2.05) is 12.1 Å². The summed E-state index contributed by atoms with van der Waals surface area (Å²) in [5.41, 5.74) is 1.19. The first-order valence-corrected chi connectivity index (χ1v) is 17.4. The fourth-order valence-corrected chi connectivity index (χ4v) is 11.5. The predicted octanol–water partition coefficient (Wildman–Crippen LogP) is 6.84. The fraction of sp³-hybridized carbons (Fsp3) is 0.289. The van der Waals surface area contributed by atoms with Crippen molar-refractivity contribution >= 4 is 29.6 Å². The van der Waals surface area contributed by atoms with Crippen LogP contribution in [0.1, 0.15) is 45.6 Å². The van der Waals surface area contributed by atoms with Gasteiger partial charge in [-0.3, -0.25) is 0 Å². The van der Waals surface area contributed by atoms with Crippen molar-refractivity contribution in [3.8, 4) is 0 Å². The zero-order chi connectivity index (χ0) is 29.5. The molecule has 0 saturated heterocycles. The lowest BCUT2D eigenvalue weighted by Gasteiger charge is -2.39. The molecule has 3 nitrogen and oxygen atoms in total. The van der Waals surface area contributed by atoms with Crippen molar-refractivity contribution in [2.24, 2.45) is 11.8 Å². The predicted molar refractivity (Wildman–Crippen MR) is 175 cm³/mol. The lowest BCUT2D eigenvalue weighted by atomic mass is 9.91. The lowest BCUT2D eigenvalue weighted by molar-refractivity contribution is -0.154. The second-order valence-corrected chi connectivity index (χ2v) is 16.0. The average molecular weight is 575 g/mol. The molecule has 2 atom stereocenters. The summed E-state index contributed by atoms with van der Waals surface area (Å²) in [6.45, 7) is 8.40. The highest BCUT2D eigenvalue weighted by Gasteiger charge is 2.44. The zero-order valence-corrected chi connectivity index (χ0v) is 26.2. The molecule has 0 aromatic heterocycles. The second kappa shape index (κ2) is 13.4. The molecule has 0 amide bonds. The van der Waals surface area contributed by atoms with Crippen molar-refractivity contribution in [3.63, 3.8) is 0 Å². The summed E-state index contributed by atoms with van der Waals surface area (Å²) >= 11 is 0. The Balaban J connectivity index is 1.59. The van der Waals surface area contributed by atoms with Crippen LogP contribution in [-0.2, 0) is 14.3 Å². The molecule has 1 aliphatic heterocycles. The number of carbonyl (C=O) groups is 1. The van der Waals surface area contributed by atoms with Crippen LogP contribution < -0.4 is 15.6 Å². The largest absolute Gasteiger partial charge is 0.484 e. The topological polar surface area (TPSA) is 35.5 Å². The van der Waals surface area contributed by atoms with E-state index in [0.717, 1.165) is 12.5 Å². The maximum Gasteiger partial charge on any atom is 0.373 e. The first-order valence-electron chi connectivity index (χ1n) is 15.2. The summed E-state index contributed by atoms with van der Waals surface area (Å²) < 4.78 is 12.8. The molecule has 5 rings (SSSR count).